The number of hydrogen-bond acceptors (Lipinski definition) is 3. The predicted molar refractivity (Wildman–Crippen MR) is 70.8 cm³/mol. The van der Waals surface area contributed by atoms with Gasteiger partial charge in [-0.15, -0.1) is 0 Å². The summed E-state index contributed by atoms with van der Waals surface area (Å²) in [4.78, 5) is 4.44. The molecule has 0 aromatic heterocycles. The second-order valence-corrected chi connectivity index (χ2v) is 4.80. The Bertz CT molecular complexity index is 339. The molecule has 0 aliphatic carbocycles. The first-order valence-corrected chi connectivity index (χ1v) is 5.74. The fourth-order valence-corrected chi connectivity index (χ4v) is 1.63. The van der Waals surface area contributed by atoms with E-state index in [0.717, 1.165) is 19.6 Å². The summed E-state index contributed by atoms with van der Waals surface area (Å²) in [6.07, 6.45) is 0. The Hall–Kier alpha value is -0.770. The molecule has 90 valence electrons. The Kier molecular flexibility index (Phi) is 5.06. The highest BCUT2D eigenvalue weighted by Crippen LogP contribution is 2.20. The Labute approximate surface area is 103 Å². The average Bonchev–Trinajstić information content (AvgIpc) is 2.21. The van der Waals surface area contributed by atoms with Crippen LogP contribution in [0, 0.1) is 0 Å². The normalized spacial score (nSPS) is 11.4. The van der Waals surface area contributed by atoms with Crippen LogP contribution in [-0.4, -0.2) is 44.0 Å². The van der Waals surface area contributed by atoms with Gasteiger partial charge in [0.15, 0.2) is 0 Å². The Balaban J connectivity index is 2.49. The average molecular weight is 242 g/mol. The third kappa shape index (κ3) is 4.39. The van der Waals surface area contributed by atoms with E-state index in [2.05, 4.69) is 30.9 Å². The minimum atomic E-state index is 0.638. The molecule has 0 bridgehead atoms. The highest BCUT2D eigenvalue weighted by Gasteiger charge is 2.03. The fraction of sp³-hybridized carbons (Fsp3) is 0.500. The zero-order valence-electron chi connectivity index (χ0n) is 10.2. The zero-order chi connectivity index (χ0) is 12.1. The van der Waals surface area contributed by atoms with Crippen LogP contribution in [0.4, 0.5) is 5.69 Å². The third-order valence-corrected chi connectivity index (χ3v) is 2.77. The molecule has 1 aromatic rings. The van der Waals surface area contributed by atoms with Crippen molar-refractivity contribution in [3.63, 3.8) is 0 Å². The maximum absolute atomic E-state index is 5.97. The van der Waals surface area contributed by atoms with E-state index in [4.69, 9.17) is 17.3 Å². The number of rotatable bonds is 5. The van der Waals surface area contributed by atoms with Crippen LogP contribution in [0.1, 0.15) is 5.56 Å². The highest BCUT2D eigenvalue weighted by atomic mass is 35.5. The van der Waals surface area contributed by atoms with Crippen molar-refractivity contribution >= 4 is 17.3 Å². The molecule has 0 spiro atoms. The van der Waals surface area contributed by atoms with Gasteiger partial charge in [-0.3, -0.25) is 0 Å². The van der Waals surface area contributed by atoms with Crippen LogP contribution < -0.4 is 5.73 Å². The summed E-state index contributed by atoms with van der Waals surface area (Å²) in [6.45, 7) is 2.99. The van der Waals surface area contributed by atoms with Crippen molar-refractivity contribution in [3.05, 3.63) is 28.8 Å². The van der Waals surface area contributed by atoms with Gasteiger partial charge in [-0.05, 0) is 38.8 Å². The lowest BCUT2D eigenvalue weighted by Gasteiger charge is -2.19. The summed E-state index contributed by atoms with van der Waals surface area (Å²) in [5.41, 5.74) is 7.50. The first-order chi connectivity index (χ1) is 7.49. The lowest BCUT2D eigenvalue weighted by Crippen LogP contribution is -2.28. The second kappa shape index (κ2) is 6.09. The monoisotopic (exact) mass is 241 g/mol. The molecule has 0 radical (unpaired) electrons. The molecule has 0 aliphatic heterocycles. The Morgan fingerprint density at radius 2 is 1.88 bits per heavy atom. The van der Waals surface area contributed by atoms with Gasteiger partial charge in [-0.25, -0.2) is 0 Å². The summed E-state index contributed by atoms with van der Waals surface area (Å²) >= 11 is 5.97. The molecular weight excluding hydrogens is 222 g/mol. The smallest absolute Gasteiger partial charge is 0.0638 e. The predicted octanol–water partition coefficient (Wildman–Crippen LogP) is 1.92. The zero-order valence-corrected chi connectivity index (χ0v) is 11.0. The van der Waals surface area contributed by atoms with Crippen molar-refractivity contribution < 1.29 is 0 Å². The van der Waals surface area contributed by atoms with Gasteiger partial charge >= 0.3 is 0 Å². The SMILES string of the molecule is CN(C)CCN(C)Cc1ccc(N)c(Cl)c1. The van der Waals surface area contributed by atoms with Gasteiger partial charge in [-0.2, -0.15) is 0 Å². The molecule has 3 nitrogen and oxygen atoms in total. The number of hydrogen-bond donors (Lipinski definition) is 1. The van der Waals surface area contributed by atoms with E-state index < -0.39 is 0 Å². The summed E-state index contributed by atoms with van der Waals surface area (Å²) in [6, 6.07) is 5.81. The molecule has 0 aliphatic rings. The summed E-state index contributed by atoms with van der Waals surface area (Å²) in [5, 5.41) is 0.638. The number of nitrogens with zero attached hydrogens (tertiary/aromatic N) is 2. The topological polar surface area (TPSA) is 32.5 Å². The van der Waals surface area contributed by atoms with E-state index in [-0.39, 0.29) is 0 Å². The van der Waals surface area contributed by atoms with E-state index in [1.807, 2.05) is 18.2 Å². The highest BCUT2D eigenvalue weighted by molar-refractivity contribution is 6.33. The van der Waals surface area contributed by atoms with E-state index in [9.17, 15) is 0 Å². The number of nitrogen functional groups attached to an aromatic ring is 1. The van der Waals surface area contributed by atoms with Gasteiger partial charge in [0.25, 0.3) is 0 Å². The summed E-state index contributed by atoms with van der Waals surface area (Å²) < 4.78 is 0. The Morgan fingerprint density at radius 3 is 2.44 bits per heavy atom. The van der Waals surface area contributed by atoms with Crippen molar-refractivity contribution in [1.82, 2.24) is 9.80 Å². The molecule has 2 N–H and O–H groups in total. The van der Waals surface area contributed by atoms with Crippen LogP contribution in [0.5, 0.6) is 0 Å². The molecule has 0 unspecified atom stereocenters. The van der Waals surface area contributed by atoms with Crippen LogP contribution >= 0.6 is 11.6 Å². The molecule has 16 heavy (non-hydrogen) atoms. The minimum Gasteiger partial charge on any atom is -0.398 e. The molecule has 0 atom stereocenters. The van der Waals surface area contributed by atoms with Gasteiger partial charge < -0.3 is 15.5 Å². The molecule has 0 amide bonds. The van der Waals surface area contributed by atoms with Crippen molar-refractivity contribution in [2.24, 2.45) is 0 Å². The van der Waals surface area contributed by atoms with Crippen LogP contribution in [0.25, 0.3) is 0 Å². The fourth-order valence-electron chi connectivity index (χ4n) is 1.43. The quantitative estimate of drug-likeness (QED) is 0.800. The Morgan fingerprint density at radius 1 is 1.19 bits per heavy atom. The molecule has 1 rings (SSSR count). The lowest BCUT2D eigenvalue weighted by molar-refractivity contribution is 0.276. The van der Waals surface area contributed by atoms with E-state index in [0.29, 0.717) is 10.7 Å². The number of halogens is 1. The summed E-state index contributed by atoms with van der Waals surface area (Å²) in [7, 11) is 6.26. The van der Waals surface area contributed by atoms with Gasteiger partial charge in [0.2, 0.25) is 0 Å². The van der Waals surface area contributed by atoms with Gasteiger partial charge in [0.1, 0.15) is 0 Å². The van der Waals surface area contributed by atoms with Gasteiger partial charge in [-0.1, -0.05) is 17.7 Å². The summed E-state index contributed by atoms with van der Waals surface area (Å²) in [5.74, 6) is 0. The third-order valence-electron chi connectivity index (χ3n) is 2.45. The molecular formula is C12H20ClN3. The van der Waals surface area contributed by atoms with Crippen molar-refractivity contribution in [2.75, 3.05) is 40.0 Å². The van der Waals surface area contributed by atoms with Crippen LogP contribution in [0.3, 0.4) is 0 Å². The standard InChI is InChI=1S/C12H20ClN3/c1-15(2)6-7-16(3)9-10-4-5-12(14)11(13)8-10/h4-5,8H,6-7,9,14H2,1-3H3. The van der Waals surface area contributed by atoms with E-state index in [1.165, 1.54) is 5.56 Å². The van der Waals surface area contributed by atoms with E-state index >= 15 is 0 Å². The first-order valence-electron chi connectivity index (χ1n) is 5.36. The van der Waals surface area contributed by atoms with E-state index in [1.54, 1.807) is 0 Å². The lowest BCUT2D eigenvalue weighted by atomic mass is 10.2. The molecule has 1 aromatic carbocycles. The largest absolute Gasteiger partial charge is 0.398 e. The maximum atomic E-state index is 5.97. The molecule has 0 fully saturated rings. The van der Waals surface area contributed by atoms with Crippen molar-refractivity contribution in [1.29, 1.82) is 0 Å². The van der Waals surface area contributed by atoms with Crippen molar-refractivity contribution in [3.8, 4) is 0 Å². The number of benzene rings is 1. The number of likely N-dealkylation sites (N-methyl/N-ethyl adjacent to an activating group) is 2. The van der Waals surface area contributed by atoms with Gasteiger partial charge in [0, 0.05) is 19.6 Å². The molecule has 0 heterocycles. The number of anilines is 1. The number of nitrogens with two attached hydrogens (primary N) is 1. The van der Waals surface area contributed by atoms with Crippen LogP contribution in [0.15, 0.2) is 18.2 Å². The van der Waals surface area contributed by atoms with Crippen molar-refractivity contribution in [2.45, 2.75) is 6.54 Å². The molecule has 0 saturated carbocycles. The van der Waals surface area contributed by atoms with Gasteiger partial charge in [0.05, 0.1) is 10.7 Å². The first kappa shape index (κ1) is 13.3. The molecule has 4 heteroatoms. The second-order valence-electron chi connectivity index (χ2n) is 4.40. The molecule has 0 saturated heterocycles. The van der Waals surface area contributed by atoms with Crippen LogP contribution in [-0.2, 0) is 6.54 Å². The van der Waals surface area contributed by atoms with Crippen LogP contribution in [0.2, 0.25) is 5.02 Å². The minimum absolute atomic E-state index is 0.638. The maximum Gasteiger partial charge on any atom is 0.0638 e.